The standard InChI is InChI=1S/C16H9F3N4O2/c17-16(18,19)24-10-7-5-9(6-8-10)14-20-15(25-23-14)13-11-3-1-2-4-12(11)21-22-13/h1-8H,(H,21,22). The average molecular weight is 346 g/mol. The van der Waals surface area contributed by atoms with Crippen LogP contribution in [-0.4, -0.2) is 26.7 Å². The normalized spacial score (nSPS) is 11.8. The molecule has 1 N–H and O–H groups in total. The Bertz CT molecular complexity index is 1020. The molecule has 0 radical (unpaired) electrons. The number of H-pyrrole nitrogens is 1. The van der Waals surface area contributed by atoms with Crippen LogP contribution in [0.15, 0.2) is 53.1 Å². The van der Waals surface area contributed by atoms with Crippen molar-refractivity contribution >= 4 is 10.9 Å². The first-order valence-electron chi connectivity index (χ1n) is 7.13. The monoisotopic (exact) mass is 346 g/mol. The van der Waals surface area contributed by atoms with Crippen LogP contribution in [0.3, 0.4) is 0 Å². The molecule has 0 bridgehead atoms. The van der Waals surface area contributed by atoms with Gasteiger partial charge in [-0.15, -0.1) is 13.2 Å². The molecule has 4 rings (SSSR count). The minimum absolute atomic E-state index is 0.211. The van der Waals surface area contributed by atoms with Crippen LogP contribution >= 0.6 is 0 Å². The smallest absolute Gasteiger partial charge is 0.406 e. The molecular weight excluding hydrogens is 337 g/mol. The van der Waals surface area contributed by atoms with Gasteiger partial charge in [-0.3, -0.25) is 5.10 Å². The lowest BCUT2D eigenvalue weighted by atomic mass is 10.2. The maximum absolute atomic E-state index is 12.2. The van der Waals surface area contributed by atoms with Crippen LogP contribution in [0.4, 0.5) is 13.2 Å². The summed E-state index contributed by atoms with van der Waals surface area (Å²) in [6.07, 6.45) is -4.73. The fourth-order valence-electron chi connectivity index (χ4n) is 2.37. The second-order valence-corrected chi connectivity index (χ2v) is 5.11. The van der Waals surface area contributed by atoms with Crippen LogP contribution in [0.25, 0.3) is 33.9 Å². The molecule has 0 saturated carbocycles. The zero-order chi connectivity index (χ0) is 17.4. The van der Waals surface area contributed by atoms with Crippen molar-refractivity contribution in [1.82, 2.24) is 20.3 Å². The van der Waals surface area contributed by atoms with E-state index in [0.29, 0.717) is 11.3 Å². The van der Waals surface area contributed by atoms with Crippen molar-refractivity contribution in [3.8, 4) is 28.7 Å². The van der Waals surface area contributed by atoms with Gasteiger partial charge in [0, 0.05) is 10.9 Å². The van der Waals surface area contributed by atoms with E-state index >= 15 is 0 Å². The minimum atomic E-state index is -4.73. The number of aromatic nitrogens is 4. The molecule has 0 aliphatic rings. The number of nitrogens with one attached hydrogen (secondary N) is 1. The third kappa shape index (κ3) is 3.03. The van der Waals surface area contributed by atoms with Gasteiger partial charge in [0.05, 0.1) is 5.52 Å². The fourth-order valence-corrected chi connectivity index (χ4v) is 2.37. The lowest BCUT2D eigenvalue weighted by Crippen LogP contribution is -2.16. The first-order valence-corrected chi connectivity index (χ1v) is 7.13. The fraction of sp³-hybridized carbons (Fsp3) is 0.0625. The summed E-state index contributed by atoms with van der Waals surface area (Å²) in [5, 5.41) is 11.7. The summed E-state index contributed by atoms with van der Waals surface area (Å²) in [6.45, 7) is 0. The largest absolute Gasteiger partial charge is 0.573 e. The van der Waals surface area contributed by atoms with Crippen molar-refractivity contribution in [1.29, 1.82) is 0 Å². The SMILES string of the molecule is FC(F)(F)Oc1ccc(-c2noc(-c3n[nH]c4ccccc34)n2)cc1. The number of aromatic amines is 1. The van der Waals surface area contributed by atoms with Crippen molar-refractivity contribution < 1.29 is 22.4 Å². The van der Waals surface area contributed by atoms with Crippen molar-refractivity contribution in [2.24, 2.45) is 0 Å². The molecule has 4 aromatic rings. The molecule has 0 amide bonds. The summed E-state index contributed by atoms with van der Waals surface area (Å²) >= 11 is 0. The highest BCUT2D eigenvalue weighted by molar-refractivity contribution is 5.90. The molecule has 0 unspecified atom stereocenters. The van der Waals surface area contributed by atoms with E-state index in [1.54, 1.807) is 0 Å². The van der Waals surface area contributed by atoms with E-state index in [1.165, 1.54) is 24.3 Å². The molecule has 126 valence electrons. The van der Waals surface area contributed by atoms with Gasteiger partial charge in [-0.1, -0.05) is 23.4 Å². The van der Waals surface area contributed by atoms with Gasteiger partial charge in [0.1, 0.15) is 5.75 Å². The van der Waals surface area contributed by atoms with E-state index in [9.17, 15) is 13.2 Å². The number of para-hydroxylation sites is 1. The number of rotatable bonds is 3. The van der Waals surface area contributed by atoms with Crippen LogP contribution < -0.4 is 4.74 Å². The van der Waals surface area contributed by atoms with Crippen molar-refractivity contribution in [2.45, 2.75) is 6.36 Å². The van der Waals surface area contributed by atoms with Crippen molar-refractivity contribution in [3.05, 3.63) is 48.5 Å². The third-order valence-electron chi connectivity index (χ3n) is 3.45. The summed E-state index contributed by atoms with van der Waals surface area (Å²) in [4.78, 5) is 4.25. The Morgan fingerprint density at radius 3 is 2.52 bits per heavy atom. The summed E-state index contributed by atoms with van der Waals surface area (Å²) in [5.74, 6) is 0.127. The zero-order valence-electron chi connectivity index (χ0n) is 12.4. The number of nitrogens with zero attached hydrogens (tertiary/aromatic N) is 3. The van der Waals surface area contributed by atoms with Crippen LogP contribution in [0.5, 0.6) is 5.75 Å². The zero-order valence-corrected chi connectivity index (χ0v) is 12.4. The summed E-state index contributed by atoms with van der Waals surface area (Å²) in [7, 11) is 0. The Hall–Kier alpha value is -3.36. The number of benzene rings is 2. The van der Waals surface area contributed by atoms with E-state index in [4.69, 9.17) is 4.52 Å². The molecule has 6 nitrogen and oxygen atoms in total. The molecule has 0 saturated heterocycles. The molecule has 0 fully saturated rings. The molecule has 2 heterocycles. The van der Waals surface area contributed by atoms with Gasteiger partial charge < -0.3 is 9.26 Å². The number of ether oxygens (including phenoxy) is 1. The van der Waals surface area contributed by atoms with Gasteiger partial charge in [0.2, 0.25) is 5.82 Å². The lowest BCUT2D eigenvalue weighted by molar-refractivity contribution is -0.274. The molecule has 25 heavy (non-hydrogen) atoms. The minimum Gasteiger partial charge on any atom is -0.406 e. The van der Waals surface area contributed by atoms with E-state index in [1.807, 2.05) is 24.3 Å². The Morgan fingerprint density at radius 2 is 1.76 bits per heavy atom. The molecule has 0 spiro atoms. The summed E-state index contributed by atoms with van der Waals surface area (Å²) < 4.78 is 45.6. The van der Waals surface area contributed by atoms with Crippen LogP contribution in [0.2, 0.25) is 0 Å². The van der Waals surface area contributed by atoms with Gasteiger partial charge in [0.15, 0.2) is 5.69 Å². The molecule has 2 aromatic carbocycles. The maximum Gasteiger partial charge on any atom is 0.573 e. The second kappa shape index (κ2) is 5.62. The Balaban J connectivity index is 1.63. The molecule has 0 atom stereocenters. The Kier molecular flexibility index (Phi) is 3.41. The number of fused-ring (bicyclic) bond motifs is 1. The van der Waals surface area contributed by atoms with E-state index in [-0.39, 0.29) is 17.5 Å². The van der Waals surface area contributed by atoms with Crippen molar-refractivity contribution in [2.75, 3.05) is 0 Å². The molecule has 0 aliphatic carbocycles. The number of hydrogen-bond acceptors (Lipinski definition) is 5. The van der Waals surface area contributed by atoms with Crippen LogP contribution in [0, 0.1) is 0 Å². The molecular formula is C16H9F3N4O2. The first-order chi connectivity index (χ1) is 12.0. The third-order valence-corrected chi connectivity index (χ3v) is 3.45. The number of alkyl halides is 3. The summed E-state index contributed by atoms with van der Waals surface area (Å²) in [5.41, 5.74) is 1.82. The predicted octanol–water partition coefficient (Wildman–Crippen LogP) is 4.18. The molecule has 9 heteroatoms. The van der Waals surface area contributed by atoms with Gasteiger partial charge in [-0.2, -0.15) is 10.1 Å². The highest BCUT2D eigenvalue weighted by atomic mass is 19.4. The Morgan fingerprint density at radius 1 is 1.00 bits per heavy atom. The maximum atomic E-state index is 12.2. The highest BCUT2D eigenvalue weighted by Crippen LogP contribution is 2.28. The summed E-state index contributed by atoms with van der Waals surface area (Å²) in [6, 6.07) is 12.7. The lowest BCUT2D eigenvalue weighted by Gasteiger charge is -2.08. The number of halogens is 3. The van der Waals surface area contributed by atoms with Gasteiger partial charge >= 0.3 is 6.36 Å². The Labute approximate surface area is 138 Å². The van der Waals surface area contributed by atoms with Crippen LogP contribution in [-0.2, 0) is 0 Å². The van der Waals surface area contributed by atoms with Crippen molar-refractivity contribution in [3.63, 3.8) is 0 Å². The highest BCUT2D eigenvalue weighted by Gasteiger charge is 2.31. The molecule has 0 aliphatic heterocycles. The van der Waals surface area contributed by atoms with Gasteiger partial charge in [0.25, 0.3) is 5.89 Å². The van der Waals surface area contributed by atoms with E-state index in [0.717, 1.165) is 10.9 Å². The van der Waals surface area contributed by atoms with E-state index in [2.05, 4.69) is 25.1 Å². The first kappa shape index (κ1) is 15.2. The number of hydrogen-bond donors (Lipinski definition) is 1. The van der Waals surface area contributed by atoms with E-state index < -0.39 is 6.36 Å². The quantitative estimate of drug-likeness (QED) is 0.602. The van der Waals surface area contributed by atoms with Gasteiger partial charge in [-0.25, -0.2) is 0 Å². The average Bonchev–Trinajstić information content (AvgIpc) is 3.20. The predicted molar refractivity (Wildman–Crippen MR) is 81.5 cm³/mol. The molecule has 2 aromatic heterocycles. The second-order valence-electron chi connectivity index (χ2n) is 5.11. The topological polar surface area (TPSA) is 76.8 Å². The van der Waals surface area contributed by atoms with Crippen LogP contribution in [0.1, 0.15) is 0 Å². The van der Waals surface area contributed by atoms with Gasteiger partial charge in [-0.05, 0) is 30.3 Å².